The third kappa shape index (κ3) is 3.12. The lowest BCUT2D eigenvalue weighted by atomic mass is 9.45. The molecule has 5 fully saturated rings. The number of nitrogens with one attached hydrogen (secondary N) is 1. The third-order valence-corrected chi connectivity index (χ3v) is 9.59. The zero-order valence-corrected chi connectivity index (χ0v) is 18.8. The van der Waals surface area contributed by atoms with Crippen LogP contribution in [0, 0.1) is 34.5 Å². The minimum atomic E-state index is -0.149. The van der Waals surface area contributed by atoms with Crippen LogP contribution in [0.25, 0.3) is 0 Å². The highest BCUT2D eigenvalue weighted by molar-refractivity contribution is 5.94. The first-order chi connectivity index (χ1) is 14.5. The predicted molar refractivity (Wildman–Crippen MR) is 116 cm³/mol. The molecule has 0 aromatic heterocycles. The number of carbonyl (C=O) groups excluding carboxylic acids is 1. The van der Waals surface area contributed by atoms with Crippen LogP contribution in [0.2, 0.25) is 0 Å². The number of ketones is 1. The van der Waals surface area contributed by atoms with Gasteiger partial charge in [-0.1, -0.05) is 24.2 Å². The highest BCUT2D eigenvalue weighted by atomic mass is 16.6. The van der Waals surface area contributed by atoms with Crippen LogP contribution in [0.15, 0.2) is 10.3 Å². The molecular weight excluding hydrogens is 378 g/mol. The monoisotopic (exact) mass is 415 g/mol. The first kappa shape index (κ1) is 20.5. The molecule has 5 aliphatic rings. The molecule has 30 heavy (non-hydrogen) atoms. The molecule has 6 heteroatoms. The van der Waals surface area contributed by atoms with Gasteiger partial charge in [-0.05, 0) is 74.7 Å². The van der Waals surface area contributed by atoms with E-state index in [1.807, 2.05) is 0 Å². The van der Waals surface area contributed by atoms with Gasteiger partial charge in [-0.3, -0.25) is 4.79 Å². The lowest BCUT2D eigenvalue weighted by Gasteiger charge is -2.59. The largest absolute Gasteiger partial charge is 0.399 e. The fourth-order valence-corrected chi connectivity index (χ4v) is 7.70. The van der Waals surface area contributed by atoms with Crippen LogP contribution in [-0.4, -0.2) is 43.5 Å². The SMILES string of the molecule is CO/N=C1/CC2C/C(=N/O[C@@H]3CCNC3)CC[C@]2(C)[C@H]2CC[C@]3(C)C(=O)CC[C@H]3[C@H]12. The molecule has 0 aromatic rings. The average Bonchev–Trinajstić information content (AvgIpc) is 3.35. The summed E-state index contributed by atoms with van der Waals surface area (Å²) in [6.45, 7) is 6.67. The summed E-state index contributed by atoms with van der Waals surface area (Å²) in [6.07, 6.45) is 9.39. The van der Waals surface area contributed by atoms with Crippen LogP contribution < -0.4 is 5.32 Å². The Labute approximate surface area is 180 Å². The molecule has 4 aliphatic carbocycles. The molecule has 1 unspecified atom stereocenters. The number of carbonyl (C=O) groups is 1. The summed E-state index contributed by atoms with van der Waals surface area (Å²) in [4.78, 5) is 23.9. The second kappa shape index (κ2) is 7.61. The molecule has 7 atom stereocenters. The van der Waals surface area contributed by atoms with Crippen LogP contribution in [-0.2, 0) is 14.5 Å². The zero-order valence-electron chi connectivity index (χ0n) is 18.8. The maximum atomic E-state index is 12.8. The molecule has 1 N–H and O–H groups in total. The first-order valence-corrected chi connectivity index (χ1v) is 12.0. The lowest BCUT2D eigenvalue weighted by Crippen LogP contribution is -2.57. The van der Waals surface area contributed by atoms with Crippen LogP contribution >= 0.6 is 0 Å². The zero-order chi connectivity index (χ0) is 20.9. The van der Waals surface area contributed by atoms with Gasteiger partial charge in [-0.2, -0.15) is 0 Å². The van der Waals surface area contributed by atoms with E-state index in [2.05, 4.69) is 29.5 Å². The standard InChI is InChI=1S/C24H37N3O3/c1-23-9-6-16(26-30-17-8-11-25-14-17)12-15(23)13-20(27-29-3)22-18-4-5-21(28)24(18,2)10-7-19(22)23/h15,17-19,22,25H,4-14H2,1-3H3/b26-16+,27-20-/t15?,17-,18+,19+,22+,23+,24+/m1/s1. The smallest absolute Gasteiger partial charge is 0.141 e. The van der Waals surface area contributed by atoms with Crippen molar-refractivity contribution in [1.82, 2.24) is 5.32 Å². The first-order valence-electron chi connectivity index (χ1n) is 12.0. The van der Waals surface area contributed by atoms with Crippen molar-refractivity contribution < 1.29 is 14.5 Å². The average molecular weight is 416 g/mol. The molecule has 1 aliphatic heterocycles. The Morgan fingerprint density at radius 1 is 1.03 bits per heavy atom. The molecule has 0 radical (unpaired) electrons. The minimum absolute atomic E-state index is 0.149. The van der Waals surface area contributed by atoms with Crippen molar-refractivity contribution in [3.63, 3.8) is 0 Å². The van der Waals surface area contributed by atoms with Crippen LogP contribution in [0.4, 0.5) is 0 Å². The molecular formula is C24H37N3O3. The number of nitrogens with zero attached hydrogens (tertiary/aromatic N) is 2. The highest BCUT2D eigenvalue weighted by Crippen LogP contribution is 2.64. The van der Waals surface area contributed by atoms with Gasteiger partial charge in [-0.25, -0.2) is 0 Å². The fourth-order valence-electron chi connectivity index (χ4n) is 7.70. The van der Waals surface area contributed by atoms with E-state index in [-0.39, 0.29) is 11.5 Å². The summed E-state index contributed by atoms with van der Waals surface area (Å²) in [5.41, 5.74) is 2.57. The Kier molecular flexibility index (Phi) is 5.19. The van der Waals surface area contributed by atoms with E-state index in [4.69, 9.17) is 9.68 Å². The normalized spacial score (nSPS) is 48.4. The van der Waals surface area contributed by atoms with Crippen molar-refractivity contribution >= 4 is 17.2 Å². The van der Waals surface area contributed by atoms with Crippen LogP contribution in [0.3, 0.4) is 0 Å². The van der Waals surface area contributed by atoms with Gasteiger partial charge in [0.2, 0.25) is 0 Å². The molecule has 1 heterocycles. The Morgan fingerprint density at radius 2 is 1.90 bits per heavy atom. The predicted octanol–water partition coefficient (Wildman–Crippen LogP) is 3.95. The van der Waals surface area contributed by atoms with Crippen molar-refractivity contribution in [3.8, 4) is 0 Å². The van der Waals surface area contributed by atoms with E-state index in [9.17, 15) is 4.79 Å². The number of oxime groups is 2. The van der Waals surface area contributed by atoms with E-state index in [0.29, 0.717) is 34.9 Å². The van der Waals surface area contributed by atoms with Gasteiger partial charge in [0.25, 0.3) is 0 Å². The van der Waals surface area contributed by atoms with Crippen molar-refractivity contribution in [2.24, 2.45) is 44.8 Å². The van der Waals surface area contributed by atoms with Crippen molar-refractivity contribution in [2.75, 3.05) is 20.2 Å². The molecule has 0 aromatic carbocycles. The molecule has 6 nitrogen and oxygen atoms in total. The van der Waals surface area contributed by atoms with Crippen molar-refractivity contribution in [2.45, 2.75) is 77.7 Å². The van der Waals surface area contributed by atoms with Crippen LogP contribution in [0.1, 0.15) is 71.6 Å². The minimum Gasteiger partial charge on any atom is -0.399 e. The van der Waals surface area contributed by atoms with Crippen molar-refractivity contribution in [1.29, 1.82) is 0 Å². The highest BCUT2D eigenvalue weighted by Gasteiger charge is 2.62. The summed E-state index contributed by atoms with van der Waals surface area (Å²) >= 11 is 0. The van der Waals surface area contributed by atoms with Gasteiger partial charge in [0.15, 0.2) is 0 Å². The van der Waals surface area contributed by atoms with E-state index in [1.54, 1.807) is 7.11 Å². The number of hydrogen-bond donors (Lipinski definition) is 1. The van der Waals surface area contributed by atoms with Crippen molar-refractivity contribution in [3.05, 3.63) is 0 Å². The quantitative estimate of drug-likeness (QED) is 0.709. The summed E-state index contributed by atoms with van der Waals surface area (Å²) in [5, 5.41) is 12.5. The second-order valence-electron chi connectivity index (χ2n) is 10.9. The topological polar surface area (TPSA) is 72.3 Å². The molecule has 166 valence electrons. The molecule has 0 amide bonds. The third-order valence-electron chi connectivity index (χ3n) is 9.59. The van der Waals surface area contributed by atoms with E-state index >= 15 is 0 Å². The maximum Gasteiger partial charge on any atom is 0.141 e. The summed E-state index contributed by atoms with van der Waals surface area (Å²) in [6, 6.07) is 0. The second-order valence-corrected chi connectivity index (χ2v) is 10.9. The number of rotatable bonds is 3. The van der Waals surface area contributed by atoms with Gasteiger partial charge in [0, 0.05) is 30.7 Å². The molecule has 1 saturated heterocycles. The maximum absolute atomic E-state index is 12.8. The van der Waals surface area contributed by atoms with E-state index in [0.717, 1.165) is 64.5 Å². The van der Waals surface area contributed by atoms with Crippen LogP contribution in [0.5, 0.6) is 0 Å². The van der Waals surface area contributed by atoms with Gasteiger partial charge in [0.1, 0.15) is 19.0 Å². The van der Waals surface area contributed by atoms with E-state index in [1.165, 1.54) is 17.8 Å². The number of fused-ring (bicyclic) bond motifs is 5. The molecule has 0 bridgehead atoms. The lowest BCUT2D eigenvalue weighted by molar-refractivity contribution is -0.131. The van der Waals surface area contributed by atoms with Gasteiger partial charge < -0.3 is 15.0 Å². The molecule has 0 spiro atoms. The fraction of sp³-hybridized carbons (Fsp3) is 0.875. The van der Waals surface area contributed by atoms with Gasteiger partial charge in [-0.15, -0.1) is 0 Å². The van der Waals surface area contributed by atoms with Gasteiger partial charge in [0.05, 0.1) is 11.4 Å². The Morgan fingerprint density at radius 3 is 2.67 bits per heavy atom. The number of hydrogen-bond acceptors (Lipinski definition) is 6. The molecule has 4 saturated carbocycles. The Hall–Kier alpha value is -1.43. The summed E-state index contributed by atoms with van der Waals surface area (Å²) in [7, 11) is 1.66. The number of Topliss-reactive ketones (excluding diaryl/α,β-unsaturated/α-hetero) is 1. The van der Waals surface area contributed by atoms with E-state index < -0.39 is 0 Å². The summed E-state index contributed by atoms with van der Waals surface area (Å²) < 4.78 is 0. The Bertz CT molecular complexity index is 759. The molecule has 5 rings (SSSR count). The Balaban J connectivity index is 1.40. The van der Waals surface area contributed by atoms with Gasteiger partial charge >= 0.3 is 0 Å². The summed E-state index contributed by atoms with van der Waals surface area (Å²) in [5.74, 6) is 2.44.